The molecule has 1 saturated carbocycles. The Labute approximate surface area is 208 Å². The summed E-state index contributed by atoms with van der Waals surface area (Å²) in [4.78, 5) is 15.1. The zero-order chi connectivity index (χ0) is 26.8. The highest BCUT2D eigenvalue weighted by Gasteiger charge is 2.33. The molecule has 1 aromatic rings. The van der Waals surface area contributed by atoms with E-state index in [9.17, 15) is 23.1 Å². The van der Waals surface area contributed by atoms with E-state index in [1.165, 1.54) is 13.0 Å². The maximum Gasteiger partial charge on any atom is 0.416 e. The fourth-order valence-corrected chi connectivity index (χ4v) is 4.52. The van der Waals surface area contributed by atoms with Gasteiger partial charge in [0.2, 0.25) is 0 Å². The molecule has 4 nitrogen and oxygen atoms in total. The van der Waals surface area contributed by atoms with Crippen LogP contribution < -0.4 is 5.73 Å². The zero-order valence-corrected chi connectivity index (χ0v) is 21.8. The molecule has 0 bridgehead atoms. The Bertz CT molecular complexity index is 933. The minimum Gasteiger partial charge on any atom is -0.506 e. The van der Waals surface area contributed by atoms with Crippen molar-refractivity contribution in [2.75, 3.05) is 6.54 Å². The predicted octanol–water partition coefficient (Wildman–Crippen LogP) is 7.82. The molecule has 1 fully saturated rings. The van der Waals surface area contributed by atoms with Gasteiger partial charge in [-0.3, -0.25) is 9.79 Å². The molecule has 1 aromatic carbocycles. The molecule has 0 heterocycles. The van der Waals surface area contributed by atoms with Gasteiger partial charge >= 0.3 is 6.18 Å². The van der Waals surface area contributed by atoms with Crippen LogP contribution in [0.15, 0.2) is 46.8 Å². The number of carbonyl (C=O) groups excluding carboxylic acids is 1. The molecule has 0 amide bonds. The average Bonchev–Trinajstić information content (AvgIpc) is 3.14. The first-order chi connectivity index (χ1) is 16.3. The fourth-order valence-electron chi connectivity index (χ4n) is 4.52. The summed E-state index contributed by atoms with van der Waals surface area (Å²) in [7, 11) is 0. The number of nitrogens with zero attached hydrogens (tertiary/aromatic N) is 1. The van der Waals surface area contributed by atoms with E-state index in [2.05, 4.69) is 25.4 Å². The minimum atomic E-state index is -4.25. The molecule has 2 atom stereocenters. The van der Waals surface area contributed by atoms with Crippen molar-refractivity contribution in [3.63, 3.8) is 0 Å². The maximum absolute atomic E-state index is 12.9. The highest BCUT2D eigenvalue weighted by molar-refractivity contribution is 6.04. The predicted molar refractivity (Wildman–Crippen MR) is 138 cm³/mol. The molecule has 35 heavy (non-hydrogen) atoms. The maximum atomic E-state index is 12.9. The number of Topliss-reactive ketones (excluding diaryl/α,β-unsaturated/α-hetero) is 1. The fraction of sp³-hybridized carbons (Fsp3) is 0.571. The molecule has 0 aromatic heterocycles. The van der Waals surface area contributed by atoms with Crippen LogP contribution in [0, 0.1) is 12.8 Å². The van der Waals surface area contributed by atoms with Crippen LogP contribution >= 0.6 is 0 Å². The van der Waals surface area contributed by atoms with Gasteiger partial charge in [-0.05, 0) is 68.6 Å². The van der Waals surface area contributed by atoms with Crippen LogP contribution in [0.3, 0.4) is 0 Å². The summed E-state index contributed by atoms with van der Waals surface area (Å²) in [6, 6.07) is 4.59. The van der Waals surface area contributed by atoms with E-state index in [0.717, 1.165) is 61.8 Å². The summed E-state index contributed by atoms with van der Waals surface area (Å²) >= 11 is 0. The lowest BCUT2D eigenvalue weighted by molar-refractivity contribution is -0.138. The van der Waals surface area contributed by atoms with Gasteiger partial charge < -0.3 is 10.8 Å². The van der Waals surface area contributed by atoms with Crippen molar-refractivity contribution in [2.45, 2.75) is 91.7 Å². The van der Waals surface area contributed by atoms with Crippen molar-refractivity contribution in [3.05, 3.63) is 58.5 Å². The van der Waals surface area contributed by atoms with Gasteiger partial charge in [0.25, 0.3) is 0 Å². The minimum absolute atomic E-state index is 0.0211. The van der Waals surface area contributed by atoms with E-state index in [-0.39, 0.29) is 29.9 Å². The summed E-state index contributed by atoms with van der Waals surface area (Å²) in [5.74, 6) is 0.411. The Hall–Kier alpha value is -2.57. The monoisotopic (exact) mass is 494 g/mol. The third kappa shape index (κ3) is 9.19. The molecule has 0 radical (unpaired) electrons. The van der Waals surface area contributed by atoms with Crippen molar-refractivity contribution >= 4 is 11.5 Å². The first-order valence-corrected chi connectivity index (χ1v) is 12.4. The Balaban J connectivity index is 0.000000355. The van der Waals surface area contributed by atoms with Crippen molar-refractivity contribution in [1.29, 1.82) is 0 Å². The van der Waals surface area contributed by atoms with Gasteiger partial charge in [0.1, 0.15) is 5.76 Å². The molecule has 196 valence electrons. The number of aliphatic imine (C=N–C) groups is 1. The number of allylic oxidation sites excluding steroid dienone is 1. The second kappa shape index (κ2) is 14.1. The third-order valence-corrected chi connectivity index (χ3v) is 6.38. The highest BCUT2D eigenvalue weighted by atomic mass is 19.4. The van der Waals surface area contributed by atoms with Gasteiger partial charge in [-0.15, -0.1) is 0 Å². The smallest absolute Gasteiger partial charge is 0.416 e. The lowest BCUT2D eigenvalue weighted by atomic mass is 9.85. The van der Waals surface area contributed by atoms with Crippen LogP contribution in [0.1, 0.15) is 95.2 Å². The molecular weight excluding hydrogens is 453 g/mol. The van der Waals surface area contributed by atoms with Crippen LogP contribution in [-0.2, 0) is 11.0 Å². The van der Waals surface area contributed by atoms with Gasteiger partial charge in [-0.1, -0.05) is 58.7 Å². The van der Waals surface area contributed by atoms with Gasteiger partial charge in [-0.2, -0.15) is 13.2 Å². The van der Waals surface area contributed by atoms with Crippen LogP contribution in [0.4, 0.5) is 13.2 Å². The molecule has 1 aliphatic carbocycles. The first-order valence-electron chi connectivity index (χ1n) is 12.4. The molecular formula is C28H41F3N2O2. The van der Waals surface area contributed by atoms with Crippen molar-refractivity contribution in [3.8, 4) is 0 Å². The highest BCUT2D eigenvalue weighted by Crippen LogP contribution is 2.37. The van der Waals surface area contributed by atoms with Crippen LogP contribution in [0.5, 0.6) is 0 Å². The zero-order valence-electron chi connectivity index (χ0n) is 21.8. The van der Waals surface area contributed by atoms with Crippen LogP contribution in [0.2, 0.25) is 0 Å². The third-order valence-electron chi connectivity index (χ3n) is 6.38. The average molecular weight is 495 g/mol. The molecule has 7 heteroatoms. The number of ketones is 1. The van der Waals surface area contributed by atoms with E-state index < -0.39 is 11.7 Å². The van der Waals surface area contributed by atoms with Gasteiger partial charge in [0.15, 0.2) is 5.78 Å². The number of alkyl halides is 3. The number of aliphatic hydroxyl groups excluding tert-OH is 1. The lowest BCUT2D eigenvalue weighted by Gasteiger charge is -2.21. The SMILES string of the molecule is C=C(O)/C(N)=C1/C(=NCC(C)=O)CCC1C.CCCCC(CCC)c1cccc(C(F)(F)F)c1C. The second-order valence-corrected chi connectivity index (χ2v) is 9.32. The number of carbonyl (C=O) groups is 1. The summed E-state index contributed by atoms with van der Waals surface area (Å²) in [5.41, 5.74) is 8.55. The number of rotatable bonds is 9. The number of nitrogens with two attached hydrogens (primary N) is 1. The van der Waals surface area contributed by atoms with E-state index in [1.54, 1.807) is 13.0 Å². The summed E-state index contributed by atoms with van der Waals surface area (Å²) in [6.45, 7) is 12.9. The largest absolute Gasteiger partial charge is 0.506 e. The number of hydrogen-bond donors (Lipinski definition) is 2. The molecule has 3 N–H and O–H groups in total. The Morgan fingerprint density at radius 2 is 1.91 bits per heavy atom. The second-order valence-electron chi connectivity index (χ2n) is 9.32. The van der Waals surface area contributed by atoms with Gasteiger partial charge in [-0.25, -0.2) is 0 Å². The topological polar surface area (TPSA) is 75.7 Å². The Kier molecular flexibility index (Phi) is 12.3. The van der Waals surface area contributed by atoms with E-state index in [1.807, 2.05) is 13.0 Å². The quantitative estimate of drug-likeness (QED) is 0.344. The summed E-state index contributed by atoms with van der Waals surface area (Å²) in [5, 5.41) is 9.30. The summed E-state index contributed by atoms with van der Waals surface area (Å²) in [6.07, 6.45) is 2.59. The number of halogens is 3. The van der Waals surface area contributed by atoms with Crippen molar-refractivity contribution < 1.29 is 23.1 Å². The van der Waals surface area contributed by atoms with Gasteiger partial charge in [0, 0.05) is 11.3 Å². The molecule has 2 unspecified atom stereocenters. The number of hydrogen-bond acceptors (Lipinski definition) is 4. The lowest BCUT2D eigenvalue weighted by Crippen LogP contribution is -2.12. The van der Waals surface area contributed by atoms with Crippen molar-refractivity contribution in [2.24, 2.45) is 16.6 Å². The van der Waals surface area contributed by atoms with E-state index in [0.29, 0.717) is 11.3 Å². The van der Waals surface area contributed by atoms with E-state index >= 15 is 0 Å². The van der Waals surface area contributed by atoms with Gasteiger partial charge in [0.05, 0.1) is 17.8 Å². The van der Waals surface area contributed by atoms with Crippen LogP contribution in [-0.4, -0.2) is 23.1 Å². The van der Waals surface area contributed by atoms with E-state index in [4.69, 9.17) is 5.73 Å². The molecule has 2 rings (SSSR count). The number of aliphatic hydroxyl groups is 1. The Morgan fingerprint density at radius 3 is 2.43 bits per heavy atom. The summed E-state index contributed by atoms with van der Waals surface area (Å²) < 4.78 is 38.8. The number of benzene rings is 1. The molecule has 1 aliphatic rings. The Morgan fingerprint density at radius 1 is 1.26 bits per heavy atom. The standard InChI is InChI=1S/C16H23F3.C12H18N2O2/c1-4-6-9-13(8-5-2)14-10-7-11-15(12(14)3)16(17,18)19;1-7-4-5-10(14-6-8(2)15)11(7)12(13)9(3)16/h7,10-11,13H,4-6,8-9H2,1-3H3;7,16H,3-6,13H2,1-2H3/b;12-11-,14-10?. The normalized spacial score (nSPS) is 19.2. The molecule has 0 saturated heterocycles. The van der Waals surface area contributed by atoms with Crippen molar-refractivity contribution in [1.82, 2.24) is 0 Å². The first kappa shape index (κ1) is 30.5. The van der Waals surface area contributed by atoms with Crippen LogP contribution in [0.25, 0.3) is 0 Å². The number of unbranched alkanes of at least 4 members (excludes halogenated alkanes) is 1. The molecule has 0 spiro atoms. The molecule has 0 aliphatic heterocycles.